The topological polar surface area (TPSA) is 118 Å². The van der Waals surface area contributed by atoms with Crippen LogP contribution in [0.2, 0.25) is 0 Å². The molecule has 0 aliphatic carbocycles. The summed E-state index contributed by atoms with van der Waals surface area (Å²) < 4.78 is 37.9. The SMILES string of the molecule is O=C(O)C(F)(F)F.O=C(c1ccccn1)N1CCCC2(CC(Nc3ncccn3)CO2)C1. The fourth-order valence-corrected chi connectivity index (χ4v) is 3.70. The first-order chi connectivity index (χ1) is 15.2. The smallest absolute Gasteiger partial charge is 0.475 e. The number of hydrogen-bond acceptors (Lipinski definition) is 7. The van der Waals surface area contributed by atoms with Crippen molar-refractivity contribution < 1.29 is 32.6 Å². The van der Waals surface area contributed by atoms with Crippen molar-refractivity contribution >= 4 is 17.8 Å². The monoisotopic (exact) mass is 453 g/mol. The van der Waals surface area contributed by atoms with Crippen molar-refractivity contribution in [1.82, 2.24) is 19.9 Å². The minimum absolute atomic E-state index is 0.0222. The highest BCUT2D eigenvalue weighted by atomic mass is 19.4. The van der Waals surface area contributed by atoms with Crippen LogP contribution in [0.5, 0.6) is 0 Å². The van der Waals surface area contributed by atoms with E-state index in [0.717, 1.165) is 25.8 Å². The second kappa shape index (κ2) is 9.90. The van der Waals surface area contributed by atoms with Crippen LogP contribution in [0.15, 0.2) is 42.9 Å². The summed E-state index contributed by atoms with van der Waals surface area (Å²) in [5.41, 5.74) is 0.208. The molecule has 2 unspecified atom stereocenters. The molecule has 1 amide bonds. The number of rotatable bonds is 3. The first-order valence-electron chi connectivity index (χ1n) is 9.86. The molecule has 2 saturated heterocycles. The van der Waals surface area contributed by atoms with Crippen LogP contribution < -0.4 is 5.32 Å². The number of anilines is 1. The summed E-state index contributed by atoms with van der Waals surface area (Å²) in [5.74, 6) is -2.16. The van der Waals surface area contributed by atoms with Crippen molar-refractivity contribution in [2.75, 3.05) is 25.0 Å². The maximum atomic E-state index is 12.7. The standard InChI is InChI=1S/C18H21N5O2.C2HF3O2/c24-16(15-5-1-2-7-19-15)23-10-3-6-18(13-23)11-14(12-25-18)22-17-20-8-4-9-21-17;3-2(4,5)1(6)7/h1-2,4-5,7-9,14H,3,6,10-13H2,(H,20,21,22);(H,6,7). The Morgan fingerprint density at radius 3 is 2.47 bits per heavy atom. The van der Waals surface area contributed by atoms with Gasteiger partial charge in [-0.3, -0.25) is 9.78 Å². The Kier molecular flexibility index (Phi) is 7.23. The van der Waals surface area contributed by atoms with Crippen molar-refractivity contribution in [1.29, 1.82) is 0 Å². The number of ether oxygens (including phenoxy) is 1. The van der Waals surface area contributed by atoms with E-state index in [1.165, 1.54) is 0 Å². The third-order valence-electron chi connectivity index (χ3n) is 5.06. The van der Waals surface area contributed by atoms with Gasteiger partial charge in [0.15, 0.2) is 0 Å². The molecular weight excluding hydrogens is 431 g/mol. The number of pyridine rings is 1. The molecule has 1 spiro atoms. The fraction of sp³-hybridized carbons (Fsp3) is 0.450. The van der Waals surface area contributed by atoms with E-state index in [1.807, 2.05) is 17.0 Å². The highest BCUT2D eigenvalue weighted by Crippen LogP contribution is 2.35. The van der Waals surface area contributed by atoms with Crippen LogP contribution >= 0.6 is 0 Å². The molecule has 2 atom stereocenters. The number of carboxylic acids is 1. The van der Waals surface area contributed by atoms with Gasteiger partial charge in [-0.05, 0) is 31.0 Å². The summed E-state index contributed by atoms with van der Waals surface area (Å²) in [6.07, 6.45) is 2.75. The van der Waals surface area contributed by atoms with Gasteiger partial charge in [0.05, 0.1) is 24.8 Å². The number of halogens is 3. The molecule has 4 rings (SSSR count). The number of alkyl halides is 3. The maximum absolute atomic E-state index is 12.7. The average molecular weight is 453 g/mol. The lowest BCUT2D eigenvalue weighted by Gasteiger charge is -2.39. The number of aromatic nitrogens is 3. The molecule has 2 aromatic heterocycles. The summed E-state index contributed by atoms with van der Waals surface area (Å²) in [4.78, 5) is 36.0. The molecule has 2 fully saturated rings. The van der Waals surface area contributed by atoms with Gasteiger partial charge in [0.25, 0.3) is 5.91 Å². The second-order valence-corrected chi connectivity index (χ2v) is 7.46. The molecule has 32 heavy (non-hydrogen) atoms. The highest BCUT2D eigenvalue weighted by molar-refractivity contribution is 5.92. The van der Waals surface area contributed by atoms with Gasteiger partial charge in [-0.25, -0.2) is 14.8 Å². The summed E-state index contributed by atoms with van der Waals surface area (Å²) >= 11 is 0. The Morgan fingerprint density at radius 2 is 1.84 bits per heavy atom. The molecule has 2 aliphatic rings. The van der Waals surface area contributed by atoms with E-state index in [9.17, 15) is 18.0 Å². The van der Waals surface area contributed by atoms with E-state index in [1.54, 1.807) is 30.7 Å². The summed E-state index contributed by atoms with van der Waals surface area (Å²) in [6, 6.07) is 7.37. The van der Waals surface area contributed by atoms with Crippen molar-refractivity contribution in [3.63, 3.8) is 0 Å². The zero-order valence-electron chi connectivity index (χ0n) is 17.0. The molecule has 2 aromatic rings. The Labute approximate surface area is 181 Å². The first-order valence-corrected chi connectivity index (χ1v) is 9.86. The van der Waals surface area contributed by atoms with Gasteiger partial charge >= 0.3 is 12.1 Å². The normalized spacial score (nSPS) is 22.7. The number of aliphatic carboxylic acids is 1. The van der Waals surface area contributed by atoms with Gasteiger partial charge in [-0.2, -0.15) is 13.2 Å². The number of likely N-dealkylation sites (tertiary alicyclic amines) is 1. The summed E-state index contributed by atoms with van der Waals surface area (Å²) in [7, 11) is 0. The predicted octanol–water partition coefficient (Wildman–Crippen LogP) is 2.38. The molecule has 9 nitrogen and oxygen atoms in total. The maximum Gasteiger partial charge on any atom is 0.490 e. The number of carbonyl (C=O) groups excluding carboxylic acids is 1. The van der Waals surface area contributed by atoms with Crippen LogP contribution in [-0.4, -0.2) is 74.4 Å². The van der Waals surface area contributed by atoms with E-state index >= 15 is 0 Å². The fourth-order valence-electron chi connectivity index (χ4n) is 3.70. The minimum Gasteiger partial charge on any atom is -0.475 e. The van der Waals surface area contributed by atoms with Gasteiger partial charge in [0, 0.05) is 31.6 Å². The Morgan fingerprint density at radius 1 is 1.16 bits per heavy atom. The zero-order chi connectivity index (χ0) is 23.2. The third kappa shape index (κ3) is 6.13. The number of nitrogens with one attached hydrogen (secondary N) is 1. The molecule has 4 heterocycles. The van der Waals surface area contributed by atoms with Crippen molar-refractivity contribution in [3.8, 4) is 0 Å². The number of carbonyl (C=O) groups is 2. The lowest BCUT2D eigenvalue weighted by Crippen LogP contribution is -2.50. The number of nitrogens with zero attached hydrogens (tertiary/aromatic N) is 4. The van der Waals surface area contributed by atoms with Crippen LogP contribution in [0, 0.1) is 0 Å². The van der Waals surface area contributed by atoms with Crippen LogP contribution in [-0.2, 0) is 9.53 Å². The zero-order valence-corrected chi connectivity index (χ0v) is 17.0. The molecule has 12 heteroatoms. The van der Waals surface area contributed by atoms with Crippen molar-refractivity contribution in [2.45, 2.75) is 37.1 Å². The summed E-state index contributed by atoms with van der Waals surface area (Å²) in [5, 5.41) is 10.5. The average Bonchev–Trinajstić information content (AvgIpc) is 3.15. The number of amides is 1. The molecule has 172 valence electrons. The van der Waals surface area contributed by atoms with Gasteiger partial charge < -0.3 is 20.1 Å². The number of piperidine rings is 1. The van der Waals surface area contributed by atoms with Gasteiger partial charge in [0.1, 0.15) is 5.69 Å². The lowest BCUT2D eigenvalue weighted by atomic mass is 9.88. The number of hydrogen-bond donors (Lipinski definition) is 2. The quantitative estimate of drug-likeness (QED) is 0.728. The van der Waals surface area contributed by atoms with Gasteiger partial charge in [-0.1, -0.05) is 6.07 Å². The molecule has 0 aromatic carbocycles. The van der Waals surface area contributed by atoms with E-state index in [0.29, 0.717) is 24.8 Å². The van der Waals surface area contributed by atoms with E-state index < -0.39 is 12.1 Å². The molecule has 0 saturated carbocycles. The van der Waals surface area contributed by atoms with Crippen LogP contribution in [0.25, 0.3) is 0 Å². The molecule has 2 N–H and O–H groups in total. The molecular formula is C20H22F3N5O4. The molecule has 0 radical (unpaired) electrons. The molecule has 0 bridgehead atoms. The second-order valence-electron chi connectivity index (χ2n) is 7.46. The van der Waals surface area contributed by atoms with Gasteiger partial charge in [0.2, 0.25) is 5.95 Å². The lowest BCUT2D eigenvalue weighted by molar-refractivity contribution is -0.192. The van der Waals surface area contributed by atoms with Gasteiger partial charge in [-0.15, -0.1) is 0 Å². The Hall–Kier alpha value is -3.28. The predicted molar refractivity (Wildman–Crippen MR) is 106 cm³/mol. The number of carboxylic acid groups (broad SMARTS) is 1. The largest absolute Gasteiger partial charge is 0.490 e. The summed E-state index contributed by atoms with van der Waals surface area (Å²) in [6.45, 7) is 1.96. The third-order valence-corrected chi connectivity index (χ3v) is 5.06. The Balaban J connectivity index is 0.000000360. The molecule has 2 aliphatic heterocycles. The van der Waals surface area contributed by atoms with E-state index in [-0.39, 0.29) is 17.6 Å². The van der Waals surface area contributed by atoms with Crippen LogP contribution in [0.4, 0.5) is 19.1 Å². The Bertz CT molecular complexity index is 916. The van der Waals surface area contributed by atoms with Crippen LogP contribution in [0.1, 0.15) is 29.8 Å². The van der Waals surface area contributed by atoms with Crippen molar-refractivity contribution in [2.24, 2.45) is 0 Å². The minimum atomic E-state index is -5.08. The first kappa shape index (κ1) is 23.4. The van der Waals surface area contributed by atoms with E-state index in [4.69, 9.17) is 14.6 Å². The highest BCUT2D eigenvalue weighted by Gasteiger charge is 2.45. The van der Waals surface area contributed by atoms with Crippen molar-refractivity contribution in [3.05, 3.63) is 48.5 Å². The van der Waals surface area contributed by atoms with Crippen LogP contribution in [0.3, 0.4) is 0 Å². The van der Waals surface area contributed by atoms with E-state index in [2.05, 4.69) is 20.3 Å².